The molecule has 2 aliphatic carbocycles. The van der Waals surface area contributed by atoms with Crippen LogP contribution in [0.3, 0.4) is 0 Å². The number of hydrogen-bond donors (Lipinski definition) is 3. The van der Waals surface area contributed by atoms with Crippen molar-refractivity contribution in [2.24, 2.45) is 10.9 Å². The fraction of sp³-hybridized carbons (Fsp3) is 0.857. The largest absolute Gasteiger partial charge is 0.357 e. The maximum Gasteiger partial charge on any atom is 0.220 e. The Kier molecular flexibility index (Phi) is 8.25. The van der Waals surface area contributed by atoms with Gasteiger partial charge in [-0.3, -0.25) is 9.79 Å². The Bertz CT molecular complexity index is 327. The minimum absolute atomic E-state index is 0. The van der Waals surface area contributed by atoms with Crippen LogP contribution in [0.2, 0.25) is 0 Å². The predicted octanol–water partition coefficient (Wildman–Crippen LogP) is 1.63. The zero-order valence-electron chi connectivity index (χ0n) is 12.3. The van der Waals surface area contributed by atoms with Crippen molar-refractivity contribution in [1.29, 1.82) is 0 Å². The summed E-state index contributed by atoms with van der Waals surface area (Å²) in [5.74, 6) is 1.88. The van der Waals surface area contributed by atoms with Crippen LogP contribution >= 0.6 is 24.0 Å². The molecule has 5 nitrogen and oxygen atoms in total. The molecule has 1 amide bonds. The molecular formula is C14H27IN4O. The lowest BCUT2D eigenvalue weighted by Gasteiger charge is -2.11. The molecule has 0 aliphatic heterocycles. The van der Waals surface area contributed by atoms with Crippen LogP contribution < -0.4 is 16.0 Å². The lowest BCUT2D eigenvalue weighted by atomic mass is 10.3. The van der Waals surface area contributed by atoms with Crippen LogP contribution in [0.1, 0.15) is 45.4 Å². The van der Waals surface area contributed by atoms with Gasteiger partial charge in [-0.25, -0.2) is 0 Å². The number of halogens is 1. The van der Waals surface area contributed by atoms with Gasteiger partial charge in [-0.2, -0.15) is 0 Å². The molecule has 2 fully saturated rings. The van der Waals surface area contributed by atoms with Crippen LogP contribution in [0, 0.1) is 5.92 Å². The van der Waals surface area contributed by atoms with E-state index in [2.05, 4.69) is 27.9 Å². The van der Waals surface area contributed by atoms with E-state index in [-0.39, 0.29) is 29.9 Å². The highest BCUT2D eigenvalue weighted by Gasteiger charge is 2.22. The fourth-order valence-electron chi connectivity index (χ4n) is 1.85. The van der Waals surface area contributed by atoms with Gasteiger partial charge in [0.1, 0.15) is 0 Å². The van der Waals surface area contributed by atoms with Gasteiger partial charge in [-0.15, -0.1) is 24.0 Å². The van der Waals surface area contributed by atoms with Crippen molar-refractivity contribution < 1.29 is 4.79 Å². The summed E-state index contributed by atoms with van der Waals surface area (Å²) in [4.78, 5) is 16.0. The summed E-state index contributed by atoms with van der Waals surface area (Å²) < 4.78 is 0. The number of hydrogen-bond acceptors (Lipinski definition) is 2. The molecule has 0 atom stereocenters. The number of carbonyl (C=O) groups excluding carboxylic acids is 1. The van der Waals surface area contributed by atoms with E-state index in [0.29, 0.717) is 12.5 Å². The molecule has 2 aliphatic rings. The summed E-state index contributed by atoms with van der Waals surface area (Å²) in [5, 5.41) is 9.52. The third-order valence-corrected chi connectivity index (χ3v) is 3.36. The summed E-state index contributed by atoms with van der Waals surface area (Å²) in [6, 6.07) is 0.470. The summed E-state index contributed by atoms with van der Waals surface area (Å²) >= 11 is 0. The van der Waals surface area contributed by atoms with Gasteiger partial charge in [0.15, 0.2) is 5.96 Å². The Hall–Kier alpha value is -0.530. The SMILES string of the molecule is CCNC(=NCC1CC1)NCCCC(=O)NC1CC1.I. The van der Waals surface area contributed by atoms with Crippen molar-refractivity contribution in [3.63, 3.8) is 0 Å². The second-order valence-corrected chi connectivity index (χ2v) is 5.54. The summed E-state index contributed by atoms with van der Waals surface area (Å²) in [5.41, 5.74) is 0. The van der Waals surface area contributed by atoms with Crippen LogP contribution in [-0.4, -0.2) is 37.5 Å². The van der Waals surface area contributed by atoms with E-state index < -0.39 is 0 Å². The number of amides is 1. The molecule has 116 valence electrons. The van der Waals surface area contributed by atoms with Gasteiger partial charge in [0.2, 0.25) is 5.91 Å². The highest BCUT2D eigenvalue weighted by Crippen LogP contribution is 2.28. The quantitative estimate of drug-likeness (QED) is 0.254. The van der Waals surface area contributed by atoms with E-state index >= 15 is 0 Å². The Morgan fingerprint density at radius 2 is 1.95 bits per heavy atom. The Labute approximate surface area is 138 Å². The standard InChI is InChI=1S/C14H26N4O.HI/c1-2-15-14(17-10-11-5-6-11)16-9-3-4-13(19)18-12-7-8-12;/h11-12H,2-10H2,1H3,(H,18,19)(H2,15,16,17);1H. The third kappa shape index (κ3) is 7.91. The van der Waals surface area contributed by atoms with Crippen LogP contribution in [0.25, 0.3) is 0 Å². The molecular weight excluding hydrogens is 367 g/mol. The normalized spacial score (nSPS) is 18.1. The molecule has 6 heteroatoms. The highest BCUT2D eigenvalue weighted by atomic mass is 127. The molecule has 0 radical (unpaired) electrons. The lowest BCUT2D eigenvalue weighted by molar-refractivity contribution is -0.121. The van der Waals surface area contributed by atoms with E-state index in [4.69, 9.17) is 0 Å². The number of aliphatic imine (C=N–C) groups is 1. The fourth-order valence-corrected chi connectivity index (χ4v) is 1.85. The molecule has 0 unspecified atom stereocenters. The van der Waals surface area contributed by atoms with Gasteiger partial charge in [-0.1, -0.05) is 0 Å². The molecule has 2 saturated carbocycles. The van der Waals surface area contributed by atoms with Crippen molar-refractivity contribution >= 4 is 35.8 Å². The molecule has 0 aromatic carbocycles. The second kappa shape index (κ2) is 9.41. The number of nitrogens with one attached hydrogen (secondary N) is 3. The van der Waals surface area contributed by atoms with Gasteiger partial charge in [-0.05, 0) is 44.9 Å². The summed E-state index contributed by atoms with van der Waals surface area (Å²) in [6.07, 6.45) is 6.41. The topological polar surface area (TPSA) is 65.5 Å². The molecule has 0 saturated heterocycles. The van der Waals surface area contributed by atoms with E-state index in [1.54, 1.807) is 0 Å². The zero-order chi connectivity index (χ0) is 13.5. The van der Waals surface area contributed by atoms with E-state index in [1.165, 1.54) is 12.8 Å². The van der Waals surface area contributed by atoms with E-state index in [9.17, 15) is 4.79 Å². The average molecular weight is 394 g/mol. The van der Waals surface area contributed by atoms with Crippen molar-refractivity contribution in [3.8, 4) is 0 Å². The van der Waals surface area contributed by atoms with Crippen molar-refractivity contribution in [3.05, 3.63) is 0 Å². The minimum atomic E-state index is 0. The first kappa shape index (κ1) is 17.5. The van der Waals surface area contributed by atoms with Crippen LogP contribution in [0.4, 0.5) is 0 Å². The van der Waals surface area contributed by atoms with Gasteiger partial charge in [0.05, 0.1) is 0 Å². The Morgan fingerprint density at radius 3 is 2.55 bits per heavy atom. The molecule has 0 bridgehead atoms. The van der Waals surface area contributed by atoms with Gasteiger partial charge >= 0.3 is 0 Å². The molecule has 0 aromatic heterocycles. The first-order valence-electron chi connectivity index (χ1n) is 7.59. The van der Waals surface area contributed by atoms with Crippen LogP contribution in [0.5, 0.6) is 0 Å². The number of guanidine groups is 1. The smallest absolute Gasteiger partial charge is 0.220 e. The summed E-state index contributed by atoms with van der Waals surface area (Å²) in [7, 11) is 0. The first-order chi connectivity index (χ1) is 9.28. The molecule has 0 heterocycles. The predicted molar refractivity (Wildman–Crippen MR) is 92.5 cm³/mol. The van der Waals surface area contributed by atoms with Crippen LogP contribution in [-0.2, 0) is 4.79 Å². The maximum atomic E-state index is 11.5. The molecule has 20 heavy (non-hydrogen) atoms. The van der Waals surface area contributed by atoms with E-state index in [1.807, 2.05) is 0 Å². The van der Waals surface area contributed by atoms with Gasteiger partial charge in [0.25, 0.3) is 0 Å². The Morgan fingerprint density at radius 1 is 1.20 bits per heavy atom. The lowest BCUT2D eigenvalue weighted by Crippen LogP contribution is -2.38. The number of carbonyl (C=O) groups is 1. The second-order valence-electron chi connectivity index (χ2n) is 5.54. The maximum absolute atomic E-state index is 11.5. The first-order valence-corrected chi connectivity index (χ1v) is 7.59. The van der Waals surface area contributed by atoms with Gasteiger partial charge < -0.3 is 16.0 Å². The zero-order valence-corrected chi connectivity index (χ0v) is 14.6. The average Bonchev–Trinajstić information content (AvgIpc) is 3.24. The monoisotopic (exact) mass is 394 g/mol. The minimum Gasteiger partial charge on any atom is -0.357 e. The van der Waals surface area contributed by atoms with Crippen molar-refractivity contribution in [1.82, 2.24) is 16.0 Å². The number of nitrogens with zero attached hydrogens (tertiary/aromatic N) is 1. The molecule has 2 rings (SSSR count). The van der Waals surface area contributed by atoms with Gasteiger partial charge in [0, 0.05) is 32.1 Å². The molecule has 0 spiro atoms. The van der Waals surface area contributed by atoms with Crippen LogP contribution in [0.15, 0.2) is 4.99 Å². The van der Waals surface area contributed by atoms with E-state index in [0.717, 1.165) is 50.8 Å². The highest BCUT2D eigenvalue weighted by molar-refractivity contribution is 14.0. The molecule has 0 aromatic rings. The Balaban J connectivity index is 0.00000200. The number of rotatable bonds is 8. The third-order valence-electron chi connectivity index (χ3n) is 3.36. The molecule has 3 N–H and O–H groups in total. The van der Waals surface area contributed by atoms with Crippen molar-refractivity contribution in [2.75, 3.05) is 19.6 Å². The summed E-state index contributed by atoms with van der Waals surface area (Å²) in [6.45, 7) is 4.67. The van der Waals surface area contributed by atoms with Crippen molar-refractivity contribution in [2.45, 2.75) is 51.5 Å².